The van der Waals surface area contributed by atoms with Gasteiger partial charge >= 0.3 is 0 Å². The SMILES string of the molecule is COCC(C)Oc1ccc(Cl)cc1NCc1cncs1. The van der Waals surface area contributed by atoms with Gasteiger partial charge in [-0.2, -0.15) is 0 Å². The molecule has 0 radical (unpaired) electrons. The normalized spacial score (nSPS) is 12.2. The van der Waals surface area contributed by atoms with E-state index in [4.69, 9.17) is 21.1 Å². The van der Waals surface area contributed by atoms with Gasteiger partial charge in [-0.1, -0.05) is 11.6 Å². The first-order valence-electron chi connectivity index (χ1n) is 6.25. The number of nitrogens with zero attached hydrogens (tertiary/aromatic N) is 1. The molecule has 1 aromatic heterocycles. The van der Waals surface area contributed by atoms with Gasteiger partial charge in [0, 0.05) is 23.2 Å². The van der Waals surface area contributed by atoms with Crippen molar-refractivity contribution in [3.05, 3.63) is 39.8 Å². The van der Waals surface area contributed by atoms with E-state index in [-0.39, 0.29) is 6.10 Å². The molecule has 0 saturated carbocycles. The van der Waals surface area contributed by atoms with Gasteiger partial charge in [-0.25, -0.2) is 0 Å². The first-order chi connectivity index (χ1) is 9.69. The summed E-state index contributed by atoms with van der Waals surface area (Å²) in [5.74, 6) is 0.767. The number of thiazole rings is 1. The molecule has 108 valence electrons. The predicted molar refractivity (Wildman–Crippen MR) is 82.9 cm³/mol. The van der Waals surface area contributed by atoms with Gasteiger partial charge in [0.2, 0.25) is 0 Å². The van der Waals surface area contributed by atoms with Crippen LogP contribution in [0.5, 0.6) is 5.75 Å². The Morgan fingerprint density at radius 3 is 3.00 bits per heavy atom. The number of anilines is 1. The third-order valence-corrected chi connectivity index (χ3v) is 3.62. The number of rotatable bonds is 7. The van der Waals surface area contributed by atoms with E-state index in [2.05, 4.69) is 10.3 Å². The molecule has 0 saturated heterocycles. The fourth-order valence-corrected chi connectivity index (χ4v) is 2.45. The quantitative estimate of drug-likeness (QED) is 0.844. The van der Waals surface area contributed by atoms with Gasteiger partial charge in [-0.05, 0) is 25.1 Å². The van der Waals surface area contributed by atoms with E-state index in [1.165, 1.54) is 0 Å². The topological polar surface area (TPSA) is 43.4 Å². The van der Waals surface area contributed by atoms with E-state index in [1.807, 2.05) is 36.8 Å². The summed E-state index contributed by atoms with van der Waals surface area (Å²) < 4.78 is 10.9. The van der Waals surface area contributed by atoms with Crippen LogP contribution in [0.2, 0.25) is 5.02 Å². The summed E-state index contributed by atoms with van der Waals surface area (Å²) in [6.45, 7) is 3.20. The van der Waals surface area contributed by atoms with Crippen LogP contribution in [0.15, 0.2) is 29.9 Å². The first kappa shape index (κ1) is 15.1. The van der Waals surface area contributed by atoms with Gasteiger partial charge in [0.1, 0.15) is 11.9 Å². The van der Waals surface area contributed by atoms with Gasteiger partial charge in [-0.15, -0.1) is 11.3 Å². The van der Waals surface area contributed by atoms with Crippen molar-refractivity contribution in [1.82, 2.24) is 4.98 Å². The lowest BCUT2D eigenvalue weighted by atomic mass is 10.2. The Morgan fingerprint density at radius 2 is 2.30 bits per heavy atom. The Hall–Kier alpha value is -1.30. The molecule has 2 aromatic rings. The number of methoxy groups -OCH3 is 1. The minimum Gasteiger partial charge on any atom is -0.486 e. The van der Waals surface area contributed by atoms with Crippen molar-refractivity contribution in [2.24, 2.45) is 0 Å². The number of hydrogen-bond acceptors (Lipinski definition) is 5. The lowest BCUT2D eigenvalue weighted by molar-refractivity contribution is 0.0925. The maximum Gasteiger partial charge on any atom is 0.143 e. The van der Waals surface area contributed by atoms with Gasteiger partial charge in [0.05, 0.1) is 24.3 Å². The van der Waals surface area contributed by atoms with Crippen molar-refractivity contribution >= 4 is 28.6 Å². The van der Waals surface area contributed by atoms with Crippen LogP contribution in [0.25, 0.3) is 0 Å². The van der Waals surface area contributed by atoms with Crippen molar-refractivity contribution in [1.29, 1.82) is 0 Å². The standard InChI is InChI=1S/C14H17ClN2O2S/c1-10(8-18-2)19-14-4-3-11(15)5-13(14)17-7-12-6-16-9-20-12/h3-6,9-10,17H,7-8H2,1-2H3. The molecule has 6 heteroatoms. The minimum atomic E-state index is -0.0230. The highest BCUT2D eigenvalue weighted by atomic mass is 35.5. The van der Waals surface area contributed by atoms with Crippen molar-refractivity contribution in [2.75, 3.05) is 19.0 Å². The second kappa shape index (κ2) is 7.47. The van der Waals surface area contributed by atoms with Crippen molar-refractivity contribution in [3.63, 3.8) is 0 Å². The van der Waals surface area contributed by atoms with Crippen LogP contribution in [0, 0.1) is 0 Å². The molecular formula is C14H17ClN2O2S. The van der Waals surface area contributed by atoms with E-state index >= 15 is 0 Å². The van der Waals surface area contributed by atoms with E-state index < -0.39 is 0 Å². The monoisotopic (exact) mass is 312 g/mol. The highest BCUT2D eigenvalue weighted by Gasteiger charge is 2.09. The molecule has 20 heavy (non-hydrogen) atoms. The zero-order valence-corrected chi connectivity index (χ0v) is 13.0. The highest BCUT2D eigenvalue weighted by molar-refractivity contribution is 7.09. The number of ether oxygens (including phenoxy) is 2. The maximum atomic E-state index is 6.05. The third kappa shape index (κ3) is 4.37. The smallest absolute Gasteiger partial charge is 0.143 e. The van der Waals surface area contributed by atoms with Crippen molar-refractivity contribution < 1.29 is 9.47 Å². The Balaban J connectivity index is 2.07. The number of hydrogen-bond donors (Lipinski definition) is 1. The molecule has 1 heterocycles. The highest BCUT2D eigenvalue weighted by Crippen LogP contribution is 2.29. The molecule has 4 nitrogen and oxygen atoms in total. The molecule has 2 rings (SSSR count). The number of halogens is 1. The largest absolute Gasteiger partial charge is 0.486 e. The van der Waals surface area contributed by atoms with Gasteiger partial charge < -0.3 is 14.8 Å². The van der Waals surface area contributed by atoms with Gasteiger partial charge in [0.25, 0.3) is 0 Å². The zero-order valence-electron chi connectivity index (χ0n) is 11.4. The van der Waals surface area contributed by atoms with E-state index in [1.54, 1.807) is 18.4 Å². The first-order valence-corrected chi connectivity index (χ1v) is 7.51. The molecule has 0 spiro atoms. The molecule has 0 bridgehead atoms. The Labute approximate surface area is 127 Å². The number of nitrogens with one attached hydrogen (secondary N) is 1. The van der Waals surface area contributed by atoms with Crippen LogP contribution in [0.4, 0.5) is 5.69 Å². The molecule has 0 aliphatic rings. The summed E-state index contributed by atoms with van der Waals surface area (Å²) in [5.41, 5.74) is 2.68. The molecule has 1 atom stereocenters. The molecule has 1 aromatic carbocycles. The Morgan fingerprint density at radius 1 is 1.45 bits per heavy atom. The van der Waals surface area contributed by atoms with Crippen LogP contribution in [0.1, 0.15) is 11.8 Å². The van der Waals surface area contributed by atoms with Crippen molar-refractivity contribution in [2.45, 2.75) is 19.6 Å². The molecular weight excluding hydrogens is 296 g/mol. The van der Waals surface area contributed by atoms with Gasteiger partial charge in [0.15, 0.2) is 0 Å². The molecule has 0 fully saturated rings. The number of aromatic nitrogens is 1. The average molecular weight is 313 g/mol. The zero-order chi connectivity index (χ0) is 14.4. The fraction of sp³-hybridized carbons (Fsp3) is 0.357. The molecule has 1 unspecified atom stereocenters. The Kier molecular flexibility index (Phi) is 5.64. The van der Waals surface area contributed by atoms with Crippen molar-refractivity contribution in [3.8, 4) is 5.75 Å². The Bertz CT molecular complexity index is 534. The lowest BCUT2D eigenvalue weighted by Gasteiger charge is -2.17. The molecule has 0 amide bonds. The molecule has 0 aliphatic carbocycles. The minimum absolute atomic E-state index is 0.0230. The number of benzene rings is 1. The molecule has 0 aliphatic heterocycles. The van der Waals surface area contributed by atoms with Gasteiger partial charge in [-0.3, -0.25) is 4.98 Å². The average Bonchev–Trinajstić information content (AvgIpc) is 2.92. The predicted octanol–water partition coefficient (Wildman–Crippen LogP) is 3.82. The summed E-state index contributed by atoms with van der Waals surface area (Å²) in [6.07, 6.45) is 1.82. The van der Waals surface area contributed by atoms with Crippen LogP contribution in [-0.2, 0) is 11.3 Å². The van der Waals surface area contributed by atoms with E-state index in [0.717, 1.165) is 16.3 Å². The summed E-state index contributed by atoms with van der Waals surface area (Å²) in [7, 11) is 1.66. The van der Waals surface area contributed by atoms with Crippen LogP contribution < -0.4 is 10.1 Å². The summed E-state index contributed by atoms with van der Waals surface area (Å²) in [6, 6.07) is 5.54. The van der Waals surface area contributed by atoms with E-state index in [0.29, 0.717) is 18.2 Å². The second-order valence-corrected chi connectivity index (χ2v) is 5.75. The summed E-state index contributed by atoms with van der Waals surface area (Å²) in [4.78, 5) is 5.21. The van der Waals surface area contributed by atoms with Crippen LogP contribution >= 0.6 is 22.9 Å². The maximum absolute atomic E-state index is 6.05. The van der Waals surface area contributed by atoms with Crippen LogP contribution in [-0.4, -0.2) is 24.8 Å². The second-order valence-electron chi connectivity index (χ2n) is 4.35. The van der Waals surface area contributed by atoms with E-state index in [9.17, 15) is 0 Å². The third-order valence-electron chi connectivity index (χ3n) is 2.61. The fourth-order valence-electron chi connectivity index (χ4n) is 1.74. The van der Waals surface area contributed by atoms with Crippen LogP contribution in [0.3, 0.4) is 0 Å². The summed E-state index contributed by atoms with van der Waals surface area (Å²) >= 11 is 7.65. The lowest BCUT2D eigenvalue weighted by Crippen LogP contribution is -2.18. The summed E-state index contributed by atoms with van der Waals surface area (Å²) in [5, 5.41) is 3.99. The molecule has 1 N–H and O–H groups in total.